The van der Waals surface area contributed by atoms with Gasteiger partial charge < -0.3 is 14.6 Å². The molecule has 42 heavy (non-hydrogen) atoms. The molecule has 0 atom stereocenters. The predicted molar refractivity (Wildman–Crippen MR) is 178 cm³/mol. The van der Waals surface area contributed by atoms with Crippen molar-refractivity contribution in [2.45, 2.75) is 6.54 Å². The number of piperazine rings is 1. The number of rotatable bonds is 7. The third-order valence-electron chi connectivity index (χ3n) is 6.68. The van der Waals surface area contributed by atoms with E-state index in [1.807, 2.05) is 30.3 Å². The number of furan rings is 1. The summed E-state index contributed by atoms with van der Waals surface area (Å²) in [6.07, 6.45) is 2.89. The van der Waals surface area contributed by atoms with E-state index in [1.54, 1.807) is 42.5 Å². The van der Waals surface area contributed by atoms with Crippen LogP contribution in [0.3, 0.4) is 0 Å². The monoisotopic (exact) mass is 658 g/mol. The maximum atomic E-state index is 12.4. The number of nitrogens with zero attached hydrogens (tertiary/aromatic N) is 2. The minimum absolute atomic E-state index is 0.148. The van der Waals surface area contributed by atoms with E-state index in [4.69, 9.17) is 63.0 Å². The zero-order valence-corrected chi connectivity index (χ0v) is 26.1. The van der Waals surface area contributed by atoms with Crippen LogP contribution in [0.4, 0.5) is 11.4 Å². The molecular formula is C31H26Cl4N4O2S. The lowest BCUT2D eigenvalue weighted by molar-refractivity contribution is -0.115. The molecule has 6 nitrogen and oxygen atoms in total. The Labute approximate surface area is 269 Å². The molecule has 1 aliphatic rings. The van der Waals surface area contributed by atoms with Crippen LogP contribution in [-0.4, -0.2) is 42.1 Å². The normalized spacial score (nSPS) is 13.9. The molecule has 0 bridgehead atoms. The second-order valence-electron chi connectivity index (χ2n) is 9.66. The van der Waals surface area contributed by atoms with Crippen LogP contribution in [0.15, 0.2) is 83.3 Å². The number of thiocarbonyl (C=S) groups is 1. The molecule has 1 amide bonds. The summed E-state index contributed by atoms with van der Waals surface area (Å²) in [6.45, 7) is 4.33. The van der Waals surface area contributed by atoms with E-state index in [0.29, 0.717) is 32.3 Å². The highest BCUT2D eigenvalue weighted by Crippen LogP contribution is 2.31. The van der Waals surface area contributed by atoms with Gasteiger partial charge in [0.2, 0.25) is 5.91 Å². The Bertz CT molecular complexity index is 1610. The van der Waals surface area contributed by atoms with Gasteiger partial charge in [0.05, 0.1) is 10.7 Å². The average molecular weight is 660 g/mol. The number of hydrogen-bond donors (Lipinski definition) is 2. The lowest BCUT2D eigenvalue weighted by Crippen LogP contribution is -2.46. The molecule has 0 spiro atoms. The van der Waals surface area contributed by atoms with E-state index in [1.165, 1.54) is 6.08 Å². The number of halogens is 4. The van der Waals surface area contributed by atoms with Crippen molar-refractivity contribution in [3.8, 4) is 11.3 Å². The fourth-order valence-corrected chi connectivity index (χ4v) is 5.86. The smallest absolute Gasteiger partial charge is 0.250 e. The van der Waals surface area contributed by atoms with E-state index in [2.05, 4.69) is 26.5 Å². The summed E-state index contributed by atoms with van der Waals surface area (Å²) >= 11 is 30.4. The van der Waals surface area contributed by atoms with Gasteiger partial charge in [-0.3, -0.25) is 15.0 Å². The van der Waals surface area contributed by atoms with Crippen LogP contribution in [-0.2, 0) is 11.3 Å². The minimum Gasteiger partial charge on any atom is -0.457 e. The van der Waals surface area contributed by atoms with Gasteiger partial charge in [-0.05, 0) is 78.5 Å². The maximum Gasteiger partial charge on any atom is 0.250 e. The lowest BCUT2D eigenvalue weighted by Gasteiger charge is -2.36. The maximum absolute atomic E-state index is 12.4. The van der Waals surface area contributed by atoms with E-state index < -0.39 is 5.91 Å². The number of amides is 1. The quantitative estimate of drug-likeness (QED) is 0.153. The summed E-state index contributed by atoms with van der Waals surface area (Å²) in [4.78, 5) is 17.1. The average Bonchev–Trinajstić information content (AvgIpc) is 3.43. The van der Waals surface area contributed by atoms with Crippen molar-refractivity contribution in [2.24, 2.45) is 0 Å². The third-order valence-corrected chi connectivity index (χ3v) is 7.99. The second kappa shape index (κ2) is 14.0. The Hall–Kier alpha value is -3.04. The first-order chi connectivity index (χ1) is 20.2. The standard InChI is InChI=1S/C31H26Cl4N4O2S/c32-22-15-21(16-23(33)17-22)29-9-6-25(41-29)7-10-30(40)37-31(42)36-24-5-8-28(27(35)18-24)39-13-11-38(12-14-39)19-20-3-1-2-4-26(20)34/h1-10,15-18H,11-14,19H2,(H2,36,37,40,42)/b10-7+. The first kappa shape index (κ1) is 30.4. The summed E-state index contributed by atoms with van der Waals surface area (Å²) in [5.41, 5.74) is 3.50. The van der Waals surface area contributed by atoms with Crippen molar-refractivity contribution < 1.29 is 9.21 Å². The molecule has 0 unspecified atom stereocenters. The topological polar surface area (TPSA) is 60.8 Å². The molecule has 0 saturated carbocycles. The van der Waals surface area contributed by atoms with Crippen LogP contribution in [0.1, 0.15) is 11.3 Å². The van der Waals surface area contributed by atoms with E-state index in [0.717, 1.165) is 54.6 Å². The number of carbonyl (C=O) groups is 1. The van der Waals surface area contributed by atoms with E-state index in [9.17, 15) is 4.79 Å². The fraction of sp³-hybridized carbons (Fsp3) is 0.161. The molecule has 5 rings (SSSR count). The molecule has 2 heterocycles. The van der Waals surface area contributed by atoms with Gasteiger partial charge in [-0.2, -0.15) is 0 Å². The molecule has 1 aromatic heterocycles. The molecule has 1 saturated heterocycles. The molecule has 4 aromatic rings. The zero-order chi connectivity index (χ0) is 29.6. The van der Waals surface area contributed by atoms with Gasteiger partial charge >= 0.3 is 0 Å². The zero-order valence-electron chi connectivity index (χ0n) is 22.2. The van der Waals surface area contributed by atoms with Gasteiger partial charge in [-0.1, -0.05) is 64.6 Å². The summed E-state index contributed by atoms with van der Waals surface area (Å²) in [5.74, 6) is 0.659. The number of benzene rings is 3. The van der Waals surface area contributed by atoms with Crippen molar-refractivity contribution in [3.63, 3.8) is 0 Å². The molecule has 0 aliphatic carbocycles. The van der Waals surface area contributed by atoms with Gasteiger partial charge in [-0.25, -0.2) is 0 Å². The van der Waals surface area contributed by atoms with Crippen molar-refractivity contribution in [2.75, 3.05) is 36.4 Å². The van der Waals surface area contributed by atoms with Crippen LogP contribution in [0.2, 0.25) is 20.1 Å². The van der Waals surface area contributed by atoms with Crippen molar-refractivity contribution in [1.29, 1.82) is 0 Å². The first-order valence-corrected chi connectivity index (χ1v) is 15.0. The lowest BCUT2D eigenvalue weighted by atomic mass is 10.2. The third kappa shape index (κ3) is 8.07. The van der Waals surface area contributed by atoms with Crippen molar-refractivity contribution >= 4 is 87.1 Å². The van der Waals surface area contributed by atoms with E-state index in [-0.39, 0.29) is 5.11 Å². The minimum atomic E-state index is -0.409. The molecule has 1 fully saturated rings. The summed E-state index contributed by atoms with van der Waals surface area (Å²) in [7, 11) is 0. The summed E-state index contributed by atoms with van der Waals surface area (Å²) < 4.78 is 5.78. The molecule has 2 N–H and O–H groups in total. The van der Waals surface area contributed by atoms with Crippen LogP contribution in [0.25, 0.3) is 17.4 Å². The largest absolute Gasteiger partial charge is 0.457 e. The fourth-order valence-electron chi connectivity index (χ4n) is 4.62. The highest BCUT2D eigenvalue weighted by Gasteiger charge is 2.20. The SMILES string of the molecule is O=C(/C=C/c1ccc(-c2cc(Cl)cc(Cl)c2)o1)NC(=S)Nc1ccc(N2CCN(Cc3ccccc3Cl)CC2)c(Cl)c1. The molecule has 11 heteroatoms. The highest BCUT2D eigenvalue weighted by molar-refractivity contribution is 7.80. The number of anilines is 2. The van der Waals surface area contributed by atoms with Gasteiger partial charge in [0, 0.05) is 65.1 Å². The number of carbonyl (C=O) groups excluding carboxylic acids is 1. The van der Waals surface area contributed by atoms with Crippen molar-refractivity contribution in [3.05, 3.63) is 110 Å². The molecular weight excluding hydrogens is 634 g/mol. The Morgan fingerprint density at radius 1 is 0.881 bits per heavy atom. The molecule has 3 aromatic carbocycles. The van der Waals surface area contributed by atoms with Gasteiger partial charge in [-0.15, -0.1) is 0 Å². The van der Waals surface area contributed by atoms with Gasteiger partial charge in [0.15, 0.2) is 5.11 Å². The van der Waals surface area contributed by atoms with E-state index >= 15 is 0 Å². The highest BCUT2D eigenvalue weighted by atomic mass is 35.5. The number of hydrogen-bond acceptors (Lipinski definition) is 5. The Morgan fingerprint density at radius 2 is 1.62 bits per heavy atom. The first-order valence-electron chi connectivity index (χ1n) is 13.1. The van der Waals surface area contributed by atoms with Gasteiger partial charge in [0.1, 0.15) is 11.5 Å². The molecule has 216 valence electrons. The van der Waals surface area contributed by atoms with Gasteiger partial charge in [0.25, 0.3) is 0 Å². The Morgan fingerprint density at radius 3 is 2.33 bits per heavy atom. The van der Waals surface area contributed by atoms with Crippen LogP contribution < -0.4 is 15.5 Å². The summed E-state index contributed by atoms with van der Waals surface area (Å²) in [5, 5.41) is 8.19. The van der Waals surface area contributed by atoms with Crippen LogP contribution >= 0.6 is 58.6 Å². The molecule has 1 aliphatic heterocycles. The van der Waals surface area contributed by atoms with Crippen LogP contribution in [0.5, 0.6) is 0 Å². The van der Waals surface area contributed by atoms with Crippen molar-refractivity contribution in [1.82, 2.24) is 10.2 Å². The Balaban J connectivity index is 1.11. The Kier molecular flexibility index (Phi) is 10.1. The second-order valence-corrected chi connectivity index (χ2v) is 11.8. The summed E-state index contributed by atoms with van der Waals surface area (Å²) in [6, 6.07) is 22.3. The van der Waals surface area contributed by atoms with Crippen LogP contribution in [0, 0.1) is 0 Å². The predicted octanol–water partition coefficient (Wildman–Crippen LogP) is 8.41. The molecule has 0 radical (unpaired) electrons. The number of nitrogens with one attached hydrogen (secondary N) is 2.